The monoisotopic (exact) mass is 289 g/mol. The molecule has 1 N–H and O–H groups in total. The van der Waals surface area contributed by atoms with Crippen LogP contribution < -0.4 is 15.7 Å². The first-order chi connectivity index (χ1) is 10.0. The zero-order valence-electron chi connectivity index (χ0n) is 12.4. The van der Waals surface area contributed by atoms with Gasteiger partial charge < -0.3 is 14.5 Å². The molecular formula is C16H19NO4. The van der Waals surface area contributed by atoms with Gasteiger partial charge in [-0.2, -0.15) is 0 Å². The number of amides is 1. The predicted molar refractivity (Wildman–Crippen MR) is 80.8 cm³/mol. The highest BCUT2D eigenvalue weighted by molar-refractivity contribution is 5.96. The molecule has 0 fully saturated rings. The molecule has 1 aromatic carbocycles. The van der Waals surface area contributed by atoms with Gasteiger partial charge in [-0.1, -0.05) is 13.8 Å². The van der Waals surface area contributed by atoms with Crippen LogP contribution in [-0.2, 0) is 0 Å². The lowest BCUT2D eigenvalue weighted by Crippen LogP contribution is -2.29. The molecule has 0 unspecified atom stereocenters. The van der Waals surface area contributed by atoms with Crippen LogP contribution in [0.3, 0.4) is 0 Å². The fourth-order valence-corrected chi connectivity index (χ4v) is 1.95. The minimum atomic E-state index is -0.641. The standard InChI is InChI=1S/C16H19NO4/c1-10(2)6-7-17-15(18)13-8-11-4-5-12(20-3)9-14(11)21-16(13)19/h4-5,8-10H,6-7H2,1-3H3,(H,17,18). The summed E-state index contributed by atoms with van der Waals surface area (Å²) in [6.45, 7) is 4.68. The average molecular weight is 289 g/mol. The maximum atomic E-state index is 12.0. The Morgan fingerprint density at radius 2 is 2.10 bits per heavy atom. The molecule has 1 aromatic heterocycles. The second kappa shape index (κ2) is 6.43. The summed E-state index contributed by atoms with van der Waals surface area (Å²) < 4.78 is 10.3. The highest BCUT2D eigenvalue weighted by Gasteiger charge is 2.13. The Labute approximate surface area is 122 Å². The number of hydrogen-bond acceptors (Lipinski definition) is 4. The van der Waals surface area contributed by atoms with Crippen LogP contribution in [-0.4, -0.2) is 19.6 Å². The van der Waals surface area contributed by atoms with Gasteiger partial charge in [-0.15, -0.1) is 0 Å². The minimum absolute atomic E-state index is 0.0245. The van der Waals surface area contributed by atoms with Gasteiger partial charge in [-0.3, -0.25) is 4.79 Å². The van der Waals surface area contributed by atoms with E-state index in [1.165, 1.54) is 7.11 Å². The molecule has 5 nitrogen and oxygen atoms in total. The Morgan fingerprint density at radius 1 is 1.33 bits per heavy atom. The van der Waals surface area contributed by atoms with Crippen LogP contribution >= 0.6 is 0 Å². The van der Waals surface area contributed by atoms with Crippen LogP contribution in [0, 0.1) is 5.92 Å². The maximum Gasteiger partial charge on any atom is 0.349 e. The Kier molecular flexibility index (Phi) is 4.62. The number of hydrogen-bond donors (Lipinski definition) is 1. The normalized spacial score (nSPS) is 10.9. The summed E-state index contributed by atoms with van der Waals surface area (Å²) in [6, 6.07) is 6.67. The molecule has 0 bridgehead atoms. The lowest BCUT2D eigenvalue weighted by molar-refractivity contribution is 0.0948. The molecule has 0 saturated carbocycles. The van der Waals surface area contributed by atoms with Crippen molar-refractivity contribution in [2.75, 3.05) is 13.7 Å². The van der Waals surface area contributed by atoms with Gasteiger partial charge in [-0.05, 0) is 30.5 Å². The summed E-state index contributed by atoms with van der Waals surface area (Å²) in [5, 5.41) is 3.42. The number of carbonyl (C=O) groups excluding carboxylic acids is 1. The molecule has 2 aromatic rings. The second-order valence-electron chi connectivity index (χ2n) is 5.29. The number of methoxy groups -OCH3 is 1. The smallest absolute Gasteiger partial charge is 0.349 e. The first-order valence-corrected chi connectivity index (χ1v) is 6.91. The summed E-state index contributed by atoms with van der Waals surface area (Å²) in [4.78, 5) is 23.9. The van der Waals surface area contributed by atoms with Gasteiger partial charge in [-0.25, -0.2) is 4.79 Å². The number of fused-ring (bicyclic) bond motifs is 1. The van der Waals surface area contributed by atoms with Crippen molar-refractivity contribution in [1.82, 2.24) is 5.32 Å². The molecule has 0 spiro atoms. The van der Waals surface area contributed by atoms with Crippen molar-refractivity contribution < 1.29 is 13.9 Å². The van der Waals surface area contributed by atoms with Crippen molar-refractivity contribution in [3.8, 4) is 5.75 Å². The van der Waals surface area contributed by atoms with Gasteiger partial charge >= 0.3 is 5.63 Å². The Bertz CT molecular complexity index is 703. The Hall–Kier alpha value is -2.30. The van der Waals surface area contributed by atoms with Crippen LogP contribution in [0.1, 0.15) is 30.6 Å². The molecule has 1 amide bonds. The van der Waals surface area contributed by atoms with Crippen molar-refractivity contribution in [2.24, 2.45) is 5.92 Å². The van der Waals surface area contributed by atoms with Gasteiger partial charge in [0.25, 0.3) is 5.91 Å². The fourth-order valence-electron chi connectivity index (χ4n) is 1.95. The number of ether oxygens (including phenoxy) is 1. The van der Waals surface area contributed by atoms with Crippen molar-refractivity contribution in [2.45, 2.75) is 20.3 Å². The summed E-state index contributed by atoms with van der Waals surface area (Å²) in [7, 11) is 1.54. The van der Waals surface area contributed by atoms with Crippen molar-refractivity contribution >= 4 is 16.9 Å². The molecular weight excluding hydrogens is 270 g/mol. The van der Waals surface area contributed by atoms with Gasteiger partial charge in [0.05, 0.1) is 7.11 Å². The number of benzene rings is 1. The van der Waals surface area contributed by atoms with E-state index in [4.69, 9.17) is 9.15 Å². The molecule has 2 rings (SSSR count). The van der Waals surface area contributed by atoms with Crippen molar-refractivity contribution in [3.05, 3.63) is 40.2 Å². The maximum absolute atomic E-state index is 12.0. The van der Waals surface area contributed by atoms with Gasteiger partial charge in [0, 0.05) is 18.0 Å². The lowest BCUT2D eigenvalue weighted by Gasteiger charge is -2.07. The van der Waals surface area contributed by atoms with Crippen LogP contribution in [0.15, 0.2) is 33.5 Å². The van der Waals surface area contributed by atoms with Crippen LogP contribution in [0.25, 0.3) is 11.0 Å². The van der Waals surface area contributed by atoms with E-state index < -0.39 is 11.5 Å². The summed E-state index contributed by atoms with van der Waals surface area (Å²) >= 11 is 0. The third-order valence-corrected chi connectivity index (χ3v) is 3.20. The van der Waals surface area contributed by atoms with E-state index in [1.54, 1.807) is 24.3 Å². The zero-order chi connectivity index (χ0) is 15.4. The summed E-state index contributed by atoms with van der Waals surface area (Å²) in [6.07, 6.45) is 0.863. The first-order valence-electron chi connectivity index (χ1n) is 6.91. The predicted octanol–water partition coefficient (Wildman–Crippen LogP) is 2.58. The van der Waals surface area contributed by atoms with E-state index in [-0.39, 0.29) is 5.56 Å². The lowest BCUT2D eigenvalue weighted by atomic mass is 10.1. The molecule has 0 aliphatic heterocycles. The third-order valence-electron chi connectivity index (χ3n) is 3.20. The van der Waals surface area contributed by atoms with E-state index in [1.807, 2.05) is 0 Å². The number of nitrogens with one attached hydrogen (secondary N) is 1. The molecule has 1 heterocycles. The molecule has 0 radical (unpaired) electrons. The molecule has 0 saturated heterocycles. The highest BCUT2D eigenvalue weighted by atomic mass is 16.5. The average Bonchev–Trinajstić information content (AvgIpc) is 2.45. The molecule has 112 valence electrons. The minimum Gasteiger partial charge on any atom is -0.497 e. The zero-order valence-corrected chi connectivity index (χ0v) is 12.4. The highest BCUT2D eigenvalue weighted by Crippen LogP contribution is 2.20. The molecule has 5 heteroatoms. The molecule has 0 atom stereocenters. The van der Waals surface area contributed by atoms with E-state index in [9.17, 15) is 9.59 Å². The SMILES string of the molecule is COc1ccc2cc(C(=O)NCCC(C)C)c(=O)oc2c1. The largest absolute Gasteiger partial charge is 0.497 e. The summed E-state index contributed by atoms with van der Waals surface area (Å²) in [5.74, 6) is 0.688. The first kappa shape index (κ1) is 15.1. The topological polar surface area (TPSA) is 68.5 Å². The number of carbonyl (C=O) groups is 1. The quantitative estimate of drug-likeness (QED) is 0.859. The number of rotatable bonds is 5. The van der Waals surface area contributed by atoms with E-state index in [0.717, 1.165) is 6.42 Å². The van der Waals surface area contributed by atoms with Crippen molar-refractivity contribution in [1.29, 1.82) is 0 Å². The molecule has 0 aliphatic rings. The van der Waals surface area contributed by atoms with Gasteiger partial charge in [0.2, 0.25) is 0 Å². The van der Waals surface area contributed by atoms with Gasteiger partial charge in [0.15, 0.2) is 0 Å². The van der Waals surface area contributed by atoms with E-state index in [0.29, 0.717) is 29.2 Å². The third kappa shape index (κ3) is 3.62. The fraction of sp³-hybridized carbons (Fsp3) is 0.375. The van der Waals surface area contributed by atoms with Crippen LogP contribution in [0.4, 0.5) is 0 Å². The molecule has 21 heavy (non-hydrogen) atoms. The van der Waals surface area contributed by atoms with Crippen molar-refractivity contribution in [3.63, 3.8) is 0 Å². The van der Waals surface area contributed by atoms with Crippen LogP contribution in [0.2, 0.25) is 0 Å². The van der Waals surface area contributed by atoms with E-state index in [2.05, 4.69) is 19.2 Å². The van der Waals surface area contributed by atoms with E-state index >= 15 is 0 Å². The molecule has 0 aliphatic carbocycles. The second-order valence-corrected chi connectivity index (χ2v) is 5.29. The Balaban J connectivity index is 2.26. The van der Waals surface area contributed by atoms with Crippen LogP contribution in [0.5, 0.6) is 5.75 Å². The Morgan fingerprint density at radius 3 is 2.76 bits per heavy atom. The van der Waals surface area contributed by atoms with Gasteiger partial charge in [0.1, 0.15) is 16.9 Å². The summed E-state index contributed by atoms with van der Waals surface area (Å²) in [5.41, 5.74) is -0.215.